The zero-order chi connectivity index (χ0) is 33.8. The molecule has 0 spiro atoms. The number of allylic oxidation sites excluding steroid dienone is 1. The number of nitrogens with one attached hydrogen (secondary N) is 1. The standard InChI is InChI=1S/C37H71NO8/c1-3-5-7-9-11-13-15-17-19-21-23-25-27-33(41)38-30(29-45-37-36(44)35(43)34(42)32(28-39)46-37)31(40)26-24-22-20-18-16-14-12-10-8-6-4-2/h24,26,30-32,34-37,39-40,42-44H,3-23,25,27-29H2,1-2H3,(H,38,41)/b26-24+/t30-,31+,32+,34+,35?,36?,37+/m0/s1. The van der Waals surface area contributed by atoms with Gasteiger partial charge in [-0.2, -0.15) is 0 Å². The van der Waals surface area contributed by atoms with Crippen molar-refractivity contribution in [1.82, 2.24) is 5.32 Å². The van der Waals surface area contributed by atoms with Gasteiger partial charge in [-0.3, -0.25) is 4.79 Å². The summed E-state index contributed by atoms with van der Waals surface area (Å²) in [6.45, 7) is 3.73. The lowest BCUT2D eigenvalue weighted by Gasteiger charge is -2.40. The van der Waals surface area contributed by atoms with E-state index >= 15 is 0 Å². The number of ether oxygens (including phenoxy) is 2. The first-order chi connectivity index (χ1) is 22.3. The van der Waals surface area contributed by atoms with Crippen LogP contribution in [0.3, 0.4) is 0 Å². The van der Waals surface area contributed by atoms with Gasteiger partial charge in [0.1, 0.15) is 24.4 Å². The van der Waals surface area contributed by atoms with E-state index in [9.17, 15) is 30.3 Å². The Morgan fingerprint density at radius 3 is 1.70 bits per heavy atom. The fourth-order valence-electron chi connectivity index (χ4n) is 5.98. The van der Waals surface area contributed by atoms with Crippen LogP contribution in [-0.2, 0) is 14.3 Å². The summed E-state index contributed by atoms with van der Waals surface area (Å²) in [5, 5.41) is 53.8. The van der Waals surface area contributed by atoms with Crippen molar-refractivity contribution >= 4 is 5.91 Å². The fraction of sp³-hybridized carbons (Fsp3) is 0.919. The van der Waals surface area contributed by atoms with Crippen molar-refractivity contribution in [2.24, 2.45) is 0 Å². The maximum Gasteiger partial charge on any atom is 0.220 e. The molecule has 272 valence electrons. The number of hydrogen-bond donors (Lipinski definition) is 6. The van der Waals surface area contributed by atoms with E-state index in [-0.39, 0.29) is 12.5 Å². The van der Waals surface area contributed by atoms with Gasteiger partial charge < -0.3 is 40.3 Å². The molecule has 1 saturated heterocycles. The van der Waals surface area contributed by atoms with E-state index in [1.165, 1.54) is 103 Å². The van der Waals surface area contributed by atoms with Crippen LogP contribution in [0.25, 0.3) is 0 Å². The van der Waals surface area contributed by atoms with E-state index in [1.54, 1.807) is 6.08 Å². The van der Waals surface area contributed by atoms with E-state index in [2.05, 4.69) is 19.2 Å². The molecule has 2 unspecified atom stereocenters. The predicted molar refractivity (Wildman–Crippen MR) is 184 cm³/mol. The number of aliphatic hydroxyl groups is 5. The Bertz CT molecular complexity index is 736. The second-order valence-electron chi connectivity index (χ2n) is 13.4. The Hall–Kier alpha value is -1.07. The number of hydrogen-bond acceptors (Lipinski definition) is 8. The average molecular weight is 658 g/mol. The molecule has 46 heavy (non-hydrogen) atoms. The zero-order valence-electron chi connectivity index (χ0n) is 29.3. The van der Waals surface area contributed by atoms with Crippen LogP contribution in [0.15, 0.2) is 12.2 Å². The SMILES string of the molecule is CCCCCCCCCCC/C=C/[C@@H](O)[C@H](CO[C@@H]1O[C@H](CO)[C@@H](O)C(O)C1O)NC(=O)CCCCCCCCCCCCCC. The first-order valence-electron chi connectivity index (χ1n) is 18.9. The van der Waals surface area contributed by atoms with Gasteiger partial charge in [0.25, 0.3) is 0 Å². The molecule has 1 aliphatic heterocycles. The molecule has 0 bridgehead atoms. The van der Waals surface area contributed by atoms with E-state index in [4.69, 9.17) is 9.47 Å². The number of rotatable bonds is 30. The molecular weight excluding hydrogens is 586 g/mol. The molecular formula is C37H71NO8. The fourth-order valence-corrected chi connectivity index (χ4v) is 5.98. The summed E-state index contributed by atoms with van der Waals surface area (Å²) in [7, 11) is 0. The lowest BCUT2D eigenvalue weighted by molar-refractivity contribution is -0.302. The molecule has 1 rings (SSSR count). The Morgan fingerprint density at radius 1 is 0.717 bits per heavy atom. The van der Waals surface area contributed by atoms with E-state index in [0.29, 0.717) is 6.42 Å². The van der Waals surface area contributed by atoms with Gasteiger partial charge in [0, 0.05) is 6.42 Å². The van der Waals surface area contributed by atoms with Crippen LogP contribution >= 0.6 is 0 Å². The Kier molecular flexibility index (Phi) is 27.0. The highest BCUT2D eigenvalue weighted by Gasteiger charge is 2.44. The monoisotopic (exact) mass is 658 g/mol. The molecule has 0 saturated carbocycles. The molecule has 1 heterocycles. The summed E-state index contributed by atoms with van der Waals surface area (Å²) in [6, 6.07) is -0.795. The Labute approximate surface area is 280 Å². The smallest absolute Gasteiger partial charge is 0.220 e. The lowest BCUT2D eigenvalue weighted by Crippen LogP contribution is -2.60. The maximum atomic E-state index is 12.8. The Balaban J connectivity index is 2.47. The summed E-state index contributed by atoms with van der Waals surface area (Å²) in [4.78, 5) is 12.8. The topological polar surface area (TPSA) is 149 Å². The molecule has 7 atom stereocenters. The average Bonchev–Trinajstić information content (AvgIpc) is 3.05. The van der Waals surface area contributed by atoms with E-state index in [0.717, 1.165) is 38.5 Å². The van der Waals surface area contributed by atoms with Gasteiger partial charge in [-0.05, 0) is 19.3 Å². The van der Waals surface area contributed by atoms with E-state index < -0.39 is 49.5 Å². The van der Waals surface area contributed by atoms with Crippen molar-refractivity contribution < 1.29 is 39.8 Å². The van der Waals surface area contributed by atoms with Crippen LogP contribution in [0.5, 0.6) is 0 Å². The number of carbonyl (C=O) groups is 1. The van der Waals surface area contributed by atoms with Crippen LogP contribution in [0.2, 0.25) is 0 Å². The summed E-state index contributed by atoms with van der Waals surface area (Å²) in [6.07, 6.45) is 22.5. The summed E-state index contributed by atoms with van der Waals surface area (Å²) < 4.78 is 11.1. The van der Waals surface area contributed by atoms with Crippen LogP contribution in [-0.4, -0.2) is 87.5 Å². The third-order valence-corrected chi connectivity index (χ3v) is 9.11. The highest BCUT2D eigenvalue weighted by Crippen LogP contribution is 2.22. The van der Waals surface area contributed by atoms with Crippen LogP contribution in [0.1, 0.15) is 162 Å². The molecule has 0 aromatic rings. The van der Waals surface area contributed by atoms with Crippen molar-refractivity contribution in [1.29, 1.82) is 0 Å². The molecule has 9 nitrogen and oxygen atoms in total. The molecule has 0 aliphatic carbocycles. The highest BCUT2D eigenvalue weighted by molar-refractivity contribution is 5.76. The molecule has 0 aromatic heterocycles. The van der Waals surface area contributed by atoms with Crippen LogP contribution < -0.4 is 5.32 Å². The van der Waals surface area contributed by atoms with Crippen molar-refractivity contribution in [2.75, 3.05) is 13.2 Å². The summed E-state index contributed by atoms with van der Waals surface area (Å²) in [5.74, 6) is -0.180. The number of carbonyl (C=O) groups excluding carboxylic acids is 1. The normalized spacial score (nSPS) is 23.2. The third kappa shape index (κ3) is 20.3. The van der Waals surface area contributed by atoms with Crippen molar-refractivity contribution in [2.45, 2.75) is 204 Å². The first kappa shape index (κ1) is 43.0. The Morgan fingerprint density at radius 2 is 1.20 bits per heavy atom. The summed E-state index contributed by atoms with van der Waals surface area (Å²) >= 11 is 0. The van der Waals surface area contributed by atoms with Crippen molar-refractivity contribution in [3.63, 3.8) is 0 Å². The van der Waals surface area contributed by atoms with Gasteiger partial charge in [0.15, 0.2) is 6.29 Å². The van der Waals surface area contributed by atoms with Crippen LogP contribution in [0, 0.1) is 0 Å². The van der Waals surface area contributed by atoms with Gasteiger partial charge in [-0.15, -0.1) is 0 Å². The van der Waals surface area contributed by atoms with Gasteiger partial charge in [-0.25, -0.2) is 0 Å². The lowest BCUT2D eigenvalue weighted by atomic mass is 9.99. The first-order valence-corrected chi connectivity index (χ1v) is 18.9. The van der Waals surface area contributed by atoms with Gasteiger partial charge >= 0.3 is 0 Å². The van der Waals surface area contributed by atoms with Crippen molar-refractivity contribution in [3.8, 4) is 0 Å². The third-order valence-electron chi connectivity index (χ3n) is 9.11. The molecule has 9 heteroatoms. The van der Waals surface area contributed by atoms with Crippen LogP contribution in [0.4, 0.5) is 0 Å². The minimum Gasteiger partial charge on any atom is -0.394 e. The number of amides is 1. The zero-order valence-corrected chi connectivity index (χ0v) is 29.3. The minimum absolute atomic E-state index is 0.180. The maximum absolute atomic E-state index is 12.8. The molecule has 0 radical (unpaired) electrons. The quantitative estimate of drug-likeness (QED) is 0.0394. The molecule has 1 fully saturated rings. The molecule has 1 amide bonds. The molecule has 1 aliphatic rings. The minimum atomic E-state index is -1.56. The largest absolute Gasteiger partial charge is 0.394 e. The molecule has 0 aromatic carbocycles. The second-order valence-corrected chi connectivity index (χ2v) is 13.4. The van der Waals surface area contributed by atoms with Gasteiger partial charge in [0.05, 0.1) is 25.4 Å². The van der Waals surface area contributed by atoms with E-state index in [1.807, 2.05) is 6.08 Å². The molecule has 6 N–H and O–H groups in total. The van der Waals surface area contributed by atoms with Gasteiger partial charge in [-0.1, -0.05) is 148 Å². The highest BCUT2D eigenvalue weighted by atomic mass is 16.7. The van der Waals surface area contributed by atoms with Gasteiger partial charge in [0.2, 0.25) is 5.91 Å². The second kappa shape index (κ2) is 28.9. The summed E-state index contributed by atoms with van der Waals surface area (Å²) in [5.41, 5.74) is 0. The predicted octanol–water partition coefficient (Wildman–Crippen LogP) is 6.22. The number of aliphatic hydroxyl groups excluding tert-OH is 5. The van der Waals surface area contributed by atoms with Crippen molar-refractivity contribution in [3.05, 3.63) is 12.2 Å². The number of unbranched alkanes of at least 4 members (excludes halogenated alkanes) is 20.